The minimum absolute atomic E-state index is 0.152. The van der Waals surface area contributed by atoms with Gasteiger partial charge >= 0.3 is 0 Å². The van der Waals surface area contributed by atoms with Crippen LogP contribution >= 0.6 is 0 Å². The van der Waals surface area contributed by atoms with Gasteiger partial charge in [0.1, 0.15) is 6.61 Å². The molecule has 0 bridgehead atoms. The first-order chi connectivity index (χ1) is 10.2. The maximum absolute atomic E-state index is 12.3. The molecule has 22 heavy (non-hydrogen) atoms. The number of carbonyl (C=O) groups is 1. The molecule has 1 aromatic rings. The highest BCUT2D eigenvalue weighted by Gasteiger charge is 2.36. The van der Waals surface area contributed by atoms with Crippen molar-refractivity contribution in [3.05, 3.63) is 34.9 Å². The molecule has 0 radical (unpaired) electrons. The molecule has 0 aromatic heterocycles. The van der Waals surface area contributed by atoms with E-state index in [9.17, 15) is 13.2 Å². The zero-order chi connectivity index (χ0) is 16.5. The lowest BCUT2D eigenvalue weighted by Crippen LogP contribution is -2.45. The van der Waals surface area contributed by atoms with E-state index in [0.717, 1.165) is 11.1 Å². The number of rotatable bonds is 5. The van der Waals surface area contributed by atoms with Crippen LogP contribution < -0.4 is 0 Å². The molecule has 0 fully saturated rings. The Morgan fingerprint density at radius 2 is 2.05 bits per heavy atom. The molecular weight excluding hydrogens is 302 g/mol. The van der Waals surface area contributed by atoms with Gasteiger partial charge in [0.25, 0.3) is 0 Å². The van der Waals surface area contributed by atoms with Crippen LogP contribution in [-0.4, -0.2) is 42.5 Å². The lowest BCUT2D eigenvalue weighted by atomic mass is 9.78. The molecule has 1 heterocycles. The Morgan fingerprint density at radius 1 is 1.36 bits per heavy atom. The van der Waals surface area contributed by atoms with Crippen LogP contribution in [0, 0.1) is 0 Å². The predicted molar refractivity (Wildman–Crippen MR) is 85.4 cm³/mol. The van der Waals surface area contributed by atoms with Gasteiger partial charge in [0.05, 0.1) is 5.75 Å². The highest BCUT2D eigenvalue weighted by atomic mass is 32.2. The SMILES string of the molecule is CCCS(=O)(=O)N1Cc2ccc(C(=O)CO)cc2C(C)(C)C1. The van der Waals surface area contributed by atoms with Crippen molar-refractivity contribution in [1.82, 2.24) is 4.31 Å². The van der Waals surface area contributed by atoms with E-state index in [4.69, 9.17) is 5.11 Å². The molecule has 1 N–H and O–H groups in total. The standard InChI is InChI=1S/C16H23NO4S/c1-4-7-22(20,21)17-9-13-6-5-12(15(19)10-18)8-14(13)16(2,3)11-17/h5-6,8,18H,4,7,9-11H2,1-3H3. The summed E-state index contributed by atoms with van der Waals surface area (Å²) < 4.78 is 26.2. The molecular formula is C16H23NO4S. The lowest BCUT2D eigenvalue weighted by molar-refractivity contribution is 0.0903. The van der Waals surface area contributed by atoms with Crippen LogP contribution in [0.2, 0.25) is 0 Å². The average Bonchev–Trinajstić information content (AvgIpc) is 2.45. The van der Waals surface area contributed by atoms with Crippen LogP contribution in [0.5, 0.6) is 0 Å². The molecule has 0 amide bonds. The molecule has 5 nitrogen and oxygen atoms in total. The summed E-state index contributed by atoms with van der Waals surface area (Å²) >= 11 is 0. The fourth-order valence-corrected chi connectivity index (χ4v) is 4.59. The summed E-state index contributed by atoms with van der Waals surface area (Å²) in [6.45, 7) is 6.04. The topological polar surface area (TPSA) is 74.7 Å². The maximum atomic E-state index is 12.3. The van der Waals surface area contributed by atoms with Gasteiger partial charge < -0.3 is 5.11 Å². The third-order valence-electron chi connectivity index (χ3n) is 4.08. The number of benzene rings is 1. The number of Topliss-reactive ketones (excluding diaryl/α,β-unsaturated/α-hetero) is 1. The number of aliphatic hydroxyl groups excluding tert-OH is 1. The maximum Gasteiger partial charge on any atom is 0.214 e. The summed E-state index contributed by atoms with van der Waals surface area (Å²) in [6.07, 6.45) is 0.593. The molecule has 0 unspecified atom stereocenters. The van der Waals surface area contributed by atoms with Crippen molar-refractivity contribution in [2.24, 2.45) is 0 Å². The Morgan fingerprint density at radius 3 is 2.64 bits per heavy atom. The summed E-state index contributed by atoms with van der Waals surface area (Å²) in [5, 5.41) is 8.99. The second-order valence-electron chi connectivity index (χ2n) is 6.42. The van der Waals surface area contributed by atoms with Gasteiger partial charge in [0.2, 0.25) is 10.0 Å². The van der Waals surface area contributed by atoms with Crippen molar-refractivity contribution in [3.8, 4) is 0 Å². The monoisotopic (exact) mass is 325 g/mol. The zero-order valence-corrected chi connectivity index (χ0v) is 14.1. The van der Waals surface area contributed by atoms with Gasteiger partial charge in [-0.25, -0.2) is 8.42 Å². The number of sulfonamides is 1. The van der Waals surface area contributed by atoms with Crippen LogP contribution in [0.4, 0.5) is 0 Å². The third kappa shape index (κ3) is 3.24. The number of aliphatic hydroxyl groups is 1. The fourth-order valence-electron chi connectivity index (χ4n) is 2.96. The summed E-state index contributed by atoms with van der Waals surface area (Å²) in [4.78, 5) is 11.7. The number of carbonyl (C=O) groups excluding carboxylic acids is 1. The van der Waals surface area contributed by atoms with Crippen molar-refractivity contribution < 1.29 is 18.3 Å². The largest absolute Gasteiger partial charge is 0.388 e. The van der Waals surface area contributed by atoms with Crippen molar-refractivity contribution in [2.45, 2.75) is 39.2 Å². The molecule has 0 atom stereocenters. The first-order valence-electron chi connectivity index (χ1n) is 7.46. The van der Waals surface area contributed by atoms with Crippen LogP contribution in [0.3, 0.4) is 0 Å². The van der Waals surface area contributed by atoms with Crippen LogP contribution in [-0.2, 0) is 22.0 Å². The second kappa shape index (κ2) is 6.10. The van der Waals surface area contributed by atoms with Crippen molar-refractivity contribution in [2.75, 3.05) is 18.9 Å². The molecule has 1 aliphatic rings. The molecule has 2 rings (SSSR count). The quantitative estimate of drug-likeness (QED) is 0.836. The van der Waals surface area contributed by atoms with Gasteiger partial charge in [0, 0.05) is 24.1 Å². The number of ketones is 1. The normalized spacial score (nSPS) is 18.0. The summed E-state index contributed by atoms with van der Waals surface area (Å²) in [5.41, 5.74) is 2.00. The Hall–Kier alpha value is -1.24. The number of hydrogen-bond acceptors (Lipinski definition) is 4. The number of nitrogens with zero attached hydrogens (tertiary/aromatic N) is 1. The second-order valence-corrected chi connectivity index (χ2v) is 8.51. The van der Waals surface area contributed by atoms with Crippen LogP contribution in [0.25, 0.3) is 0 Å². The van der Waals surface area contributed by atoms with Gasteiger partial charge in [-0.1, -0.05) is 32.9 Å². The number of hydrogen-bond donors (Lipinski definition) is 1. The van der Waals surface area contributed by atoms with Crippen LogP contribution in [0.15, 0.2) is 18.2 Å². The summed E-state index contributed by atoms with van der Waals surface area (Å²) in [6, 6.07) is 5.24. The molecule has 0 saturated heterocycles. The first-order valence-corrected chi connectivity index (χ1v) is 9.07. The van der Waals surface area contributed by atoms with E-state index in [-0.39, 0.29) is 17.0 Å². The molecule has 6 heteroatoms. The molecule has 0 aliphatic carbocycles. The molecule has 1 aliphatic heterocycles. The minimum atomic E-state index is -3.25. The Kier molecular flexibility index (Phi) is 4.75. The van der Waals surface area contributed by atoms with E-state index in [1.807, 2.05) is 20.8 Å². The fraction of sp³-hybridized carbons (Fsp3) is 0.562. The molecule has 0 saturated carbocycles. The predicted octanol–water partition coefficient (Wildman–Crippen LogP) is 1.69. The van der Waals surface area contributed by atoms with Gasteiger partial charge in [-0.15, -0.1) is 0 Å². The van der Waals surface area contributed by atoms with E-state index < -0.39 is 16.6 Å². The highest BCUT2D eigenvalue weighted by Crippen LogP contribution is 2.35. The highest BCUT2D eigenvalue weighted by molar-refractivity contribution is 7.89. The summed E-state index contributed by atoms with van der Waals surface area (Å²) in [7, 11) is -3.25. The van der Waals surface area contributed by atoms with Gasteiger partial charge in [-0.2, -0.15) is 4.31 Å². The Bertz CT molecular complexity index is 679. The van der Waals surface area contributed by atoms with Gasteiger partial charge in [0.15, 0.2) is 5.78 Å². The Balaban J connectivity index is 2.42. The smallest absolute Gasteiger partial charge is 0.214 e. The molecule has 0 spiro atoms. The average molecular weight is 325 g/mol. The van der Waals surface area contributed by atoms with E-state index in [1.54, 1.807) is 18.2 Å². The van der Waals surface area contributed by atoms with Crippen LogP contribution in [0.1, 0.15) is 48.7 Å². The van der Waals surface area contributed by atoms with E-state index in [0.29, 0.717) is 25.1 Å². The van der Waals surface area contributed by atoms with E-state index >= 15 is 0 Å². The van der Waals surface area contributed by atoms with Gasteiger partial charge in [-0.05, 0) is 23.6 Å². The molecule has 122 valence electrons. The first kappa shape index (κ1) is 17.1. The van der Waals surface area contributed by atoms with Crippen molar-refractivity contribution in [3.63, 3.8) is 0 Å². The lowest BCUT2D eigenvalue weighted by Gasteiger charge is -2.39. The van der Waals surface area contributed by atoms with Crippen molar-refractivity contribution in [1.29, 1.82) is 0 Å². The van der Waals surface area contributed by atoms with E-state index in [1.165, 1.54) is 4.31 Å². The zero-order valence-electron chi connectivity index (χ0n) is 13.3. The third-order valence-corrected chi connectivity index (χ3v) is 6.05. The van der Waals surface area contributed by atoms with Gasteiger partial charge in [-0.3, -0.25) is 4.79 Å². The molecule has 1 aromatic carbocycles. The summed E-state index contributed by atoms with van der Waals surface area (Å²) in [5.74, 6) is -0.168. The minimum Gasteiger partial charge on any atom is -0.388 e. The number of fused-ring (bicyclic) bond motifs is 1. The van der Waals surface area contributed by atoms with Crippen molar-refractivity contribution >= 4 is 15.8 Å². The Labute approximate surface area is 132 Å². The van der Waals surface area contributed by atoms with E-state index in [2.05, 4.69) is 0 Å².